The lowest BCUT2D eigenvalue weighted by atomic mass is 11.1. The van der Waals surface area contributed by atoms with Crippen LogP contribution in [-0.2, 0) is 0 Å². The fraction of sp³-hybridized carbons (Fsp3) is 0. The summed E-state index contributed by atoms with van der Waals surface area (Å²) in [6.45, 7) is 0. The van der Waals surface area contributed by atoms with Gasteiger partial charge in [0.2, 0.25) is 0 Å². The molecule has 1 N–H and O–H groups in total. The molecule has 0 fully saturated rings. The van der Waals surface area contributed by atoms with Gasteiger partial charge < -0.3 is 4.42 Å². The lowest BCUT2D eigenvalue weighted by molar-refractivity contribution is 0.455. The molecule has 1 heterocycles. The minimum Gasteiger partial charge on any atom is -0.398 e. The number of aromatic amines is 1. The first kappa shape index (κ1) is 4.76. The Morgan fingerprint density at radius 3 is 2.75 bits per heavy atom. The molecular formula is C3H2N2O3. The summed E-state index contributed by atoms with van der Waals surface area (Å²) in [7, 11) is 0. The molecule has 0 aliphatic heterocycles. The number of nitrogens with one attached hydrogen (secondary N) is 1. The van der Waals surface area contributed by atoms with Gasteiger partial charge >= 0.3 is 11.4 Å². The van der Waals surface area contributed by atoms with Gasteiger partial charge in [0.05, 0.1) is 0 Å². The lowest BCUT2D eigenvalue weighted by Gasteiger charge is -1.73. The second kappa shape index (κ2) is 1.61. The zero-order chi connectivity index (χ0) is 5.98. The summed E-state index contributed by atoms with van der Waals surface area (Å²) < 4.78 is 4.09. The molecule has 0 radical (unpaired) electrons. The minimum absolute atomic E-state index is 0.693. The van der Waals surface area contributed by atoms with E-state index in [0.717, 1.165) is 6.39 Å². The Kier molecular flexibility index (Phi) is 0.957. The summed E-state index contributed by atoms with van der Waals surface area (Å²) in [5.41, 5.74) is -0.693. The quantitative estimate of drug-likeness (QED) is 0.456. The van der Waals surface area contributed by atoms with Crippen molar-refractivity contribution in [1.82, 2.24) is 9.97 Å². The van der Waals surface area contributed by atoms with Crippen molar-refractivity contribution >= 4 is 0 Å². The zero-order valence-electron chi connectivity index (χ0n) is 3.75. The van der Waals surface area contributed by atoms with Crippen molar-refractivity contribution in [3.8, 4) is 0 Å². The van der Waals surface area contributed by atoms with Gasteiger partial charge in [0.1, 0.15) is 0 Å². The van der Waals surface area contributed by atoms with E-state index in [1.165, 1.54) is 0 Å². The van der Waals surface area contributed by atoms with Gasteiger partial charge in [-0.1, -0.05) is 0 Å². The second-order valence-electron chi connectivity index (χ2n) is 1.07. The van der Waals surface area contributed by atoms with Crippen molar-refractivity contribution in [2.75, 3.05) is 0 Å². The molecule has 0 spiro atoms. The van der Waals surface area contributed by atoms with E-state index >= 15 is 0 Å². The maximum atomic E-state index is 10.1. The van der Waals surface area contributed by atoms with Crippen LogP contribution in [0.4, 0.5) is 0 Å². The maximum absolute atomic E-state index is 10.1. The van der Waals surface area contributed by atoms with Gasteiger partial charge in [0.15, 0.2) is 6.39 Å². The highest BCUT2D eigenvalue weighted by Gasteiger charge is 1.81. The van der Waals surface area contributed by atoms with Crippen LogP contribution in [0, 0.1) is 0 Å². The van der Waals surface area contributed by atoms with E-state index in [2.05, 4.69) is 9.40 Å². The number of H-pyrrole nitrogens is 1. The Balaban J connectivity index is 3.50. The highest BCUT2D eigenvalue weighted by Crippen LogP contribution is 1.51. The van der Waals surface area contributed by atoms with Crippen LogP contribution in [0.5, 0.6) is 0 Å². The summed E-state index contributed by atoms with van der Waals surface area (Å²) in [5, 5.41) is 0. The predicted molar refractivity (Wildman–Crippen MR) is 23.4 cm³/mol. The monoisotopic (exact) mass is 114 g/mol. The first-order chi connectivity index (χ1) is 3.79. The molecular weight excluding hydrogens is 112 g/mol. The molecule has 1 aromatic rings. The molecule has 0 aliphatic carbocycles. The molecule has 0 saturated heterocycles. The van der Waals surface area contributed by atoms with Gasteiger partial charge in [-0.05, 0) is 0 Å². The Labute approximate surface area is 43.0 Å². The molecule has 8 heavy (non-hydrogen) atoms. The van der Waals surface area contributed by atoms with Crippen LogP contribution in [0.2, 0.25) is 0 Å². The van der Waals surface area contributed by atoms with Crippen molar-refractivity contribution in [2.45, 2.75) is 0 Å². The largest absolute Gasteiger partial charge is 0.421 e. The van der Waals surface area contributed by atoms with Crippen LogP contribution < -0.4 is 11.4 Å². The van der Waals surface area contributed by atoms with Crippen LogP contribution in [0.25, 0.3) is 0 Å². The van der Waals surface area contributed by atoms with Gasteiger partial charge in [-0.3, -0.25) is 0 Å². The summed E-state index contributed by atoms with van der Waals surface area (Å²) >= 11 is 0. The van der Waals surface area contributed by atoms with Gasteiger partial charge in [0.25, 0.3) is 0 Å². The third kappa shape index (κ3) is 0.810. The topological polar surface area (TPSA) is 76.0 Å². The molecule has 0 aromatic carbocycles. The molecule has 0 saturated carbocycles. The average molecular weight is 114 g/mol. The number of aromatic nitrogens is 2. The second-order valence-corrected chi connectivity index (χ2v) is 1.07. The fourth-order valence-corrected chi connectivity index (χ4v) is 0.271. The SMILES string of the molecule is O=c1ncoc(=O)[nH]1. The molecule has 0 bridgehead atoms. The first-order valence-corrected chi connectivity index (χ1v) is 1.83. The third-order valence-corrected chi connectivity index (χ3v) is 0.539. The number of rotatable bonds is 0. The van der Waals surface area contributed by atoms with Gasteiger partial charge in [0, 0.05) is 0 Å². The summed E-state index contributed by atoms with van der Waals surface area (Å²) in [6.07, 6.45) is 0.793. The van der Waals surface area contributed by atoms with E-state index in [0.29, 0.717) is 0 Å². The molecule has 0 amide bonds. The molecule has 5 heteroatoms. The average Bonchev–Trinajstić information content (AvgIpc) is 1.64. The van der Waals surface area contributed by atoms with E-state index < -0.39 is 11.4 Å². The first-order valence-electron chi connectivity index (χ1n) is 1.83. The van der Waals surface area contributed by atoms with Gasteiger partial charge in [-0.15, -0.1) is 0 Å². The van der Waals surface area contributed by atoms with Crippen LogP contribution in [-0.4, -0.2) is 9.97 Å². The number of hydrogen-bond donors (Lipinski definition) is 1. The third-order valence-electron chi connectivity index (χ3n) is 0.539. The smallest absolute Gasteiger partial charge is 0.398 e. The van der Waals surface area contributed by atoms with Crippen LogP contribution >= 0.6 is 0 Å². The molecule has 1 rings (SSSR count). The standard InChI is InChI=1S/C3H2N2O3/c6-2-4-1-8-3(7)5-2/h1H,(H,5,6,7). The van der Waals surface area contributed by atoms with Gasteiger partial charge in [-0.2, -0.15) is 4.98 Å². The minimum atomic E-state index is -0.787. The van der Waals surface area contributed by atoms with Crippen LogP contribution in [0.1, 0.15) is 0 Å². The molecule has 0 unspecified atom stereocenters. The maximum Gasteiger partial charge on any atom is 0.421 e. The number of nitrogens with zero attached hydrogens (tertiary/aromatic N) is 1. The summed E-state index contributed by atoms with van der Waals surface area (Å²) in [5.74, 6) is -0.787. The fourth-order valence-electron chi connectivity index (χ4n) is 0.271. The molecule has 5 nitrogen and oxygen atoms in total. The highest BCUT2D eigenvalue weighted by atomic mass is 16.4. The van der Waals surface area contributed by atoms with Crippen molar-refractivity contribution < 1.29 is 4.42 Å². The van der Waals surface area contributed by atoms with Crippen molar-refractivity contribution in [3.05, 3.63) is 27.4 Å². The Bertz CT molecular complexity index is 247. The molecule has 42 valence electrons. The zero-order valence-corrected chi connectivity index (χ0v) is 3.75. The molecule has 1 aromatic heterocycles. The van der Waals surface area contributed by atoms with Gasteiger partial charge in [-0.25, -0.2) is 14.6 Å². The van der Waals surface area contributed by atoms with E-state index in [4.69, 9.17) is 0 Å². The number of hydrogen-bond acceptors (Lipinski definition) is 4. The lowest BCUT2D eigenvalue weighted by Crippen LogP contribution is -2.19. The normalized spacial score (nSPS) is 9.00. The van der Waals surface area contributed by atoms with Crippen LogP contribution in [0.15, 0.2) is 20.4 Å². The van der Waals surface area contributed by atoms with E-state index in [1.807, 2.05) is 0 Å². The van der Waals surface area contributed by atoms with E-state index in [9.17, 15) is 9.59 Å². The summed E-state index contributed by atoms with van der Waals surface area (Å²) in [4.78, 5) is 24.9. The van der Waals surface area contributed by atoms with Crippen molar-refractivity contribution in [1.29, 1.82) is 0 Å². The van der Waals surface area contributed by atoms with E-state index in [-0.39, 0.29) is 0 Å². The Morgan fingerprint density at radius 1 is 1.62 bits per heavy atom. The van der Waals surface area contributed by atoms with Crippen molar-refractivity contribution in [3.63, 3.8) is 0 Å². The summed E-state index contributed by atoms with van der Waals surface area (Å²) in [6, 6.07) is 0. The Morgan fingerprint density at radius 2 is 2.38 bits per heavy atom. The van der Waals surface area contributed by atoms with Crippen LogP contribution in [0.3, 0.4) is 0 Å². The van der Waals surface area contributed by atoms with E-state index in [1.54, 1.807) is 4.98 Å². The Hall–Kier alpha value is -1.39. The predicted octanol–water partition coefficient (Wildman–Crippen LogP) is -1.28. The highest BCUT2D eigenvalue weighted by molar-refractivity contribution is 4.51. The molecule has 0 atom stereocenters. The van der Waals surface area contributed by atoms with Crippen molar-refractivity contribution in [2.24, 2.45) is 0 Å². The molecule has 0 aliphatic rings.